The summed E-state index contributed by atoms with van der Waals surface area (Å²) in [5.41, 5.74) is 9.54. The molecule has 0 saturated carbocycles. The van der Waals surface area contributed by atoms with Crippen LogP contribution in [0.25, 0.3) is 0 Å². The van der Waals surface area contributed by atoms with E-state index >= 15 is 0 Å². The Morgan fingerprint density at radius 3 is 2.26 bits per heavy atom. The summed E-state index contributed by atoms with van der Waals surface area (Å²) in [4.78, 5) is 2.18. The third-order valence-corrected chi connectivity index (χ3v) is 3.15. The van der Waals surface area contributed by atoms with Crippen molar-refractivity contribution in [1.82, 2.24) is 0 Å². The number of likely N-dealkylation sites (N-methyl/N-ethyl adjacent to an activating group) is 1. The summed E-state index contributed by atoms with van der Waals surface area (Å²) in [6.45, 7) is 0.926. The van der Waals surface area contributed by atoms with Crippen LogP contribution in [0.5, 0.6) is 0 Å². The molecular weight excluding hydrogens is 234 g/mol. The predicted octanol–water partition coefficient (Wildman–Crippen LogP) is 2.82. The largest absolute Gasteiger partial charge is 0.399 e. The molecule has 0 radical (unpaired) electrons. The number of rotatable bonds is 4. The van der Waals surface area contributed by atoms with Crippen LogP contribution in [0.1, 0.15) is 11.1 Å². The van der Waals surface area contributed by atoms with Crippen LogP contribution in [-0.4, -0.2) is 13.6 Å². The van der Waals surface area contributed by atoms with Gasteiger partial charge < -0.3 is 10.6 Å². The number of nitrogen functional groups attached to an aromatic ring is 1. The van der Waals surface area contributed by atoms with E-state index in [9.17, 15) is 0 Å². The molecule has 3 heteroatoms. The van der Waals surface area contributed by atoms with E-state index in [4.69, 9.17) is 11.0 Å². The van der Waals surface area contributed by atoms with Crippen LogP contribution in [0.3, 0.4) is 0 Å². The van der Waals surface area contributed by atoms with Crippen molar-refractivity contribution in [3.8, 4) is 6.07 Å². The van der Waals surface area contributed by atoms with Crippen LogP contribution in [0, 0.1) is 11.3 Å². The van der Waals surface area contributed by atoms with Crippen LogP contribution in [0.15, 0.2) is 48.5 Å². The van der Waals surface area contributed by atoms with Gasteiger partial charge in [-0.2, -0.15) is 5.26 Å². The molecule has 0 unspecified atom stereocenters. The zero-order chi connectivity index (χ0) is 13.7. The Hall–Kier alpha value is -2.47. The standard InChI is InChI=1S/C16H17N3/c1-19(16-8-4-14(12-17)5-9-16)11-10-13-2-6-15(18)7-3-13/h2-9H,10-11,18H2,1H3. The molecule has 0 bridgehead atoms. The molecule has 96 valence electrons. The Balaban J connectivity index is 1.95. The van der Waals surface area contributed by atoms with Crippen molar-refractivity contribution in [3.05, 3.63) is 59.7 Å². The van der Waals surface area contributed by atoms with Gasteiger partial charge >= 0.3 is 0 Å². The average Bonchev–Trinajstić information content (AvgIpc) is 2.46. The summed E-state index contributed by atoms with van der Waals surface area (Å²) < 4.78 is 0. The minimum Gasteiger partial charge on any atom is -0.399 e. The molecule has 2 aromatic rings. The second kappa shape index (κ2) is 5.92. The highest BCUT2D eigenvalue weighted by molar-refractivity contribution is 5.49. The van der Waals surface area contributed by atoms with Gasteiger partial charge in [0.2, 0.25) is 0 Å². The Morgan fingerprint density at radius 1 is 1.05 bits per heavy atom. The quantitative estimate of drug-likeness (QED) is 0.850. The SMILES string of the molecule is CN(CCc1ccc(N)cc1)c1ccc(C#N)cc1. The first-order chi connectivity index (χ1) is 9.19. The summed E-state index contributed by atoms with van der Waals surface area (Å²) in [6, 6.07) is 17.7. The maximum absolute atomic E-state index is 8.77. The van der Waals surface area contributed by atoms with E-state index in [0.29, 0.717) is 5.56 Å². The first-order valence-corrected chi connectivity index (χ1v) is 6.25. The summed E-state index contributed by atoms with van der Waals surface area (Å²) in [5.74, 6) is 0. The van der Waals surface area contributed by atoms with Gasteiger partial charge in [-0.05, 0) is 48.4 Å². The van der Waals surface area contributed by atoms with Gasteiger partial charge in [0.05, 0.1) is 11.6 Å². The lowest BCUT2D eigenvalue weighted by atomic mass is 10.1. The van der Waals surface area contributed by atoms with Crippen molar-refractivity contribution in [1.29, 1.82) is 5.26 Å². The molecule has 0 saturated heterocycles. The van der Waals surface area contributed by atoms with Gasteiger partial charge in [0, 0.05) is 25.0 Å². The number of nitriles is 1. The number of hydrogen-bond donors (Lipinski definition) is 1. The highest BCUT2D eigenvalue weighted by Crippen LogP contribution is 2.14. The summed E-state index contributed by atoms with van der Waals surface area (Å²) >= 11 is 0. The highest BCUT2D eigenvalue weighted by atomic mass is 15.1. The van der Waals surface area contributed by atoms with Crippen molar-refractivity contribution >= 4 is 11.4 Å². The first-order valence-electron chi connectivity index (χ1n) is 6.25. The molecule has 2 N–H and O–H groups in total. The van der Waals surface area contributed by atoms with Crippen LogP contribution in [0.4, 0.5) is 11.4 Å². The van der Waals surface area contributed by atoms with Gasteiger partial charge in [-0.1, -0.05) is 12.1 Å². The normalized spacial score (nSPS) is 9.89. The topological polar surface area (TPSA) is 53.0 Å². The van der Waals surface area contributed by atoms with Gasteiger partial charge in [-0.3, -0.25) is 0 Å². The van der Waals surface area contributed by atoms with Crippen molar-refractivity contribution in [2.75, 3.05) is 24.2 Å². The summed E-state index contributed by atoms with van der Waals surface area (Å²) in [5, 5.41) is 8.77. The molecule has 0 spiro atoms. The molecule has 3 nitrogen and oxygen atoms in total. The average molecular weight is 251 g/mol. The van der Waals surface area contributed by atoms with Crippen molar-refractivity contribution < 1.29 is 0 Å². The molecule has 0 heterocycles. The predicted molar refractivity (Wildman–Crippen MR) is 79.0 cm³/mol. The van der Waals surface area contributed by atoms with Gasteiger partial charge in [0.1, 0.15) is 0 Å². The minimum atomic E-state index is 0.690. The van der Waals surface area contributed by atoms with Gasteiger partial charge in [-0.15, -0.1) is 0 Å². The third kappa shape index (κ3) is 3.49. The third-order valence-electron chi connectivity index (χ3n) is 3.15. The molecular formula is C16H17N3. The van der Waals surface area contributed by atoms with Crippen LogP contribution in [-0.2, 0) is 6.42 Å². The number of hydrogen-bond acceptors (Lipinski definition) is 3. The smallest absolute Gasteiger partial charge is 0.0991 e. The van der Waals surface area contributed by atoms with Crippen LogP contribution >= 0.6 is 0 Å². The molecule has 2 rings (SSSR count). The maximum atomic E-state index is 8.77. The summed E-state index contributed by atoms with van der Waals surface area (Å²) in [6.07, 6.45) is 0.969. The lowest BCUT2D eigenvalue weighted by Gasteiger charge is -2.19. The Kier molecular flexibility index (Phi) is 4.04. The zero-order valence-corrected chi connectivity index (χ0v) is 11.0. The Labute approximate surface area is 113 Å². The monoisotopic (exact) mass is 251 g/mol. The molecule has 0 aliphatic rings. The van der Waals surface area contributed by atoms with E-state index in [0.717, 1.165) is 24.3 Å². The lowest BCUT2D eigenvalue weighted by Crippen LogP contribution is -2.20. The Bertz CT molecular complexity index is 564. The molecule has 0 aliphatic heterocycles. The number of benzene rings is 2. The van der Waals surface area contributed by atoms with Crippen LogP contribution in [0.2, 0.25) is 0 Å². The molecule has 19 heavy (non-hydrogen) atoms. The zero-order valence-electron chi connectivity index (χ0n) is 11.0. The van der Waals surface area contributed by atoms with Gasteiger partial charge in [0.15, 0.2) is 0 Å². The van der Waals surface area contributed by atoms with Crippen molar-refractivity contribution in [2.24, 2.45) is 0 Å². The fourth-order valence-electron chi connectivity index (χ4n) is 1.90. The van der Waals surface area contributed by atoms with E-state index in [-0.39, 0.29) is 0 Å². The highest BCUT2D eigenvalue weighted by Gasteiger charge is 2.01. The number of nitrogens with zero attached hydrogens (tertiary/aromatic N) is 2. The number of anilines is 2. The molecule has 0 atom stereocenters. The molecule has 0 aliphatic carbocycles. The maximum Gasteiger partial charge on any atom is 0.0991 e. The molecule has 0 aromatic heterocycles. The second-order valence-electron chi connectivity index (χ2n) is 4.57. The van der Waals surface area contributed by atoms with Gasteiger partial charge in [-0.25, -0.2) is 0 Å². The van der Waals surface area contributed by atoms with E-state index in [1.165, 1.54) is 5.56 Å². The minimum absolute atomic E-state index is 0.690. The van der Waals surface area contributed by atoms with Crippen LogP contribution < -0.4 is 10.6 Å². The number of nitrogens with two attached hydrogens (primary N) is 1. The molecule has 0 amide bonds. The first kappa shape index (κ1) is 13.0. The summed E-state index contributed by atoms with van der Waals surface area (Å²) in [7, 11) is 2.05. The Morgan fingerprint density at radius 2 is 1.68 bits per heavy atom. The fraction of sp³-hybridized carbons (Fsp3) is 0.188. The fourth-order valence-corrected chi connectivity index (χ4v) is 1.90. The van der Waals surface area contributed by atoms with E-state index in [2.05, 4.69) is 30.1 Å². The molecule has 2 aromatic carbocycles. The van der Waals surface area contributed by atoms with E-state index in [1.807, 2.05) is 36.4 Å². The van der Waals surface area contributed by atoms with E-state index in [1.54, 1.807) is 0 Å². The lowest BCUT2D eigenvalue weighted by molar-refractivity contribution is 0.877. The van der Waals surface area contributed by atoms with E-state index < -0.39 is 0 Å². The van der Waals surface area contributed by atoms with Crippen molar-refractivity contribution in [3.63, 3.8) is 0 Å². The van der Waals surface area contributed by atoms with Gasteiger partial charge in [0.25, 0.3) is 0 Å². The van der Waals surface area contributed by atoms with Crippen molar-refractivity contribution in [2.45, 2.75) is 6.42 Å². The molecule has 0 fully saturated rings. The second-order valence-corrected chi connectivity index (χ2v) is 4.57.